The summed E-state index contributed by atoms with van der Waals surface area (Å²) in [5.74, 6) is -0.770. The third-order valence-corrected chi connectivity index (χ3v) is 5.41. The van der Waals surface area contributed by atoms with Gasteiger partial charge in [0.15, 0.2) is 6.29 Å². The molecule has 0 bridgehead atoms. The molecule has 1 saturated heterocycles. The number of aromatic nitrogens is 3. The van der Waals surface area contributed by atoms with Gasteiger partial charge in [0.25, 0.3) is 0 Å². The van der Waals surface area contributed by atoms with E-state index in [0.717, 1.165) is 24.8 Å². The molecule has 3 aromatic heterocycles. The highest BCUT2D eigenvalue weighted by Gasteiger charge is 2.14. The van der Waals surface area contributed by atoms with E-state index in [1.165, 1.54) is 29.2 Å². The predicted octanol–water partition coefficient (Wildman–Crippen LogP) is 3.91. The lowest BCUT2D eigenvalue weighted by Gasteiger charge is -2.25. The molecule has 1 aliphatic rings. The number of pyridine rings is 2. The van der Waals surface area contributed by atoms with Gasteiger partial charge in [-0.05, 0) is 43.3 Å². The van der Waals surface area contributed by atoms with Gasteiger partial charge in [0, 0.05) is 24.0 Å². The molecule has 0 saturated carbocycles. The maximum atomic E-state index is 13.2. The van der Waals surface area contributed by atoms with Crippen molar-refractivity contribution in [1.29, 1.82) is 0 Å². The van der Waals surface area contributed by atoms with Crippen LogP contribution >= 0.6 is 0 Å². The van der Waals surface area contributed by atoms with Crippen LogP contribution in [0.5, 0.6) is 0 Å². The standard InChI is InChI=1S/C14H9FN2O.C12H15FN4/c15-11-6-7-13-16-14(10-4-2-1-3-5-10)12(9-18)17(13)8-11;13-9-1-2-12(17-7-9)11(14)4-5-15-8-10-3-6-16-10/h1-9H;1-2,4-5,7,10,16H,3,6,8,14H2/b;11-4-,15-5?/t;10-/m.0/s1. The number of nitrogens with two attached hydrogens (primary N) is 1. The number of hydrogen-bond acceptors (Lipinski definition) is 6. The van der Waals surface area contributed by atoms with Crippen LogP contribution in [-0.2, 0) is 0 Å². The van der Waals surface area contributed by atoms with Gasteiger partial charge < -0.3 is 11.1 Å². The molecule has 9 heteroatoms. The fourth-order valence-corrected chi connectivity index (χ4v) is 3.42. The summed E-state index contributed by atoms with van der Waals surface area (Å²) in [7, 11) is 0. The summed E-state index contributed by atoms with van der Waals surface area (Å²) in [4.78, 5) is 23.7. The van der Waals surface area contributed by atoms with Gasteiger partial charge in [-0.2, -0.15) is 0 Å². The van der Waals surface area contributed by atoms with Gasteiger partial charge in [-0.25, -0.2) is 13.8 Å². The molecular weight excluding hydrogens is 450 g/mol. The first kappa shape index (κ1) is 23.9. The molecule has 1 fully saturated rings. The van der Waals surface area contributed by atoms with Gasteiger partial charge in [0.1, 0.15) is 28.7 Å². The minimum atomic E-state index is -0.400. The van der Waals surface area contributed by atoms with Gasteiger partial charge in [-0.3, -0.25) is 19.2 Å². The van der Waals surface area contributed by atoms with E-state index in [0.29, 0.717) is 40.8 Å². The minimum Gasteiger partial charge on any atom is -0.397 e. The number of rotatable bonds is 6. The van der Waals surface area contributed by atoms with Gasteiger partial charge in [0.2, 0.25) is 0 Å². The first-order valence-corrected chi connectivity index (χ1v) is 11.0. The number of hydrogen-bond donors (Lipinski definition) is 2. The van der Waals surface area contributed by atoms with Crippen LogP contribution in [0.25, 0.3) is 22.6 Å². The Morgan fingerprint density at radius 3 is 2.57 bits per heavy atom. The number of aliphatic imine (C=N–C) groups is 1. The molecule has 4 heterocycles. The van der Waals surface area contributed by atoms with E-state index in [-0.39, 0.29) is 5.82 Å². The number of nitrogens with one attached hydrogen (secondary N) is 1. The second kappa shape index (κ2) is 11.3. The molecule has 35 heavy (non-hydrogen) atoms. The average Bonchev–Trinajstić information content (AvgIpc) is 3.22. The normalized spacial score (nSPS) is 15.5. The Balaban J connectivity index is 0.000000165. The lowest BCUT2D eigenvalue weighted by molar-refractivity contribution is 0.111. The summed E-state index contributed by atoms with van der Waals surface area (Å²) in [5, 5.41) is 3.25. The number of imidazole rings is 1. The van der Waals surface area contributed by atoms with E-state index in [9.17, 15) is 13.6 Å². The van der Waals surface area contributed by atoms with Gasteiger partial charge in [-0.1, -0.05) is 30.3 Å². The lowest BCUT2D eigenvalue weighted by atomic mass is 10.1. The summed E-state index contributed by atoms with van der Waals surface area (Å²) in [6, 6.07) is 15.6. The van der Waals surface area contributed by atoms with Crippen molar-refractivity contribution in [2.45, 2.75) is 12.5 Å². The second-order valence-electron chi connectivity index (χ2n) is 7.84. The van der Waals surface area contributed by atoms with E-state index in [4.69, 9.17) is 5.73 Å². The van der Waals surface area contributed by atoms with Crippen molar-refractivity contribution in [3.05, 3.63) is 96.1 Å². The molecule has 0 unspecified atom stereocenters. The topological polar surface area (TPSA) is 97.7 Å². The zero-order valence-corrected chi connectivity index (χ0v) is 18.8. The van der Waals surface area contributed by atoms with E-state index < -0.39 is 5.82 Å². The van der Waals surface area contributed by atoms with Crippen LogP contribution in [0.3, 0.4) is 0 Å². The van der Waals surface area contributed by atoms with Crippen molar-refractivity contribution in [1.82, 2.24) is 19.7 Å². The Morgan fingerprint density at radius 1 is 1.14 bits per heavy atom. The summed E-state index contributed by atoms with van der Waals surface area (Å²) >= 11 is 0. The molecule has 7 nitrogen and oxygen atoms in total. The van der Waals surface area contributed by atoms with E-state index in [2.05, 4.69) is 20.3 Å². The van der Waals surface area contributed by atoms with Crippen LogP contribution in [-0.4, -0.2) is 46.0 Å². The summed E-state index contributed by atoms with van der Waals surface area (Å²) in [6.45, 7) is 1.85. The van der Waals surface area contributed by atoms with Crippen molar-refractivity contribution in [3.8, 4) is 11.3 Å². The highest BCUT2D eigenvalue weighted by molar-refractivity contribution is 5.86. The minimum absolute atomic E-state index is 0.357. The number of fused-ring (bicyclic) bond motifs is 1. The molecule has 5 rings (SSSR count). The Morgan fingerprint density at radius 2 is 1.91 bits per heavy atom. The van der Waals surface area contributed by atoms with E-state index in [1.54, 1.807) is 24.4 Å². The number of aldehydes is 1. The molecule has 0 aliphatic carbocycles. The van der Waals surface area contributed by atoms with Crippen LogP contribution in [0.4, 0.5) is 8.78 Å². The Hall–Kier alpha value is -4.24. The van der Waals surface area contributed by atoms with Crippen LogP contribution < -0.4 is 11.1 Å². The molecule has 0 spiro atoms. The molecular formula is C26H24F2N6O. The predicted molar refractivity (Wildman–Crippen MR) is 132 cm³/mol. The molecule has 3 N–H and O–H groups in total. The molecule has 1 aliphatic heterocycles. The number of allylic oxidation sites excluding steroid dienone is 1. The van der Waals surface area contributed by atoms with Crippen molar-refractivity contribution in [3.63, 3.8) is 0 Å². The van der Waals surface area contributed by atoms with E-state index >= 15 is 0 Å². The van der Waals surface area contributed by atoms with Crippen molar-refractivity contribution < 1.29 is 13.6 Å². The largest absolute Gasteiger partial charge is 0.397 e. The number of halogens is 2. The Bertz CT molecular complexity index is 1350. The van der Waals surface area contributed by atoms with Gasteiger partial charge >= 0.3 is 0 Å². The average molecular weight is 475 g/mol. The van der Waals surface area contributed by atoms with Crippen molar-refractivity contribution in [2.75, 3.05) is 13.1 Å². The first-order chi connectivity index (χ1) is 17.0. The lowest BCUT2D eigenvalue weighted by Crippen LogP contribution is -2.44. The summed E-state index contributed by atoms with van der Waals surface area (Å²) < 4.78 is 27.3. The Labute approximate surface area is 201 Å². The molecule has 1 atom stereocenters. The first-order valence-electron chi connectivity index (χ1n) is 11.0. The van der Waals surface area contributed by atoms with Crippen molar-refractivity contribution in [2.24, 2.45) is 10.7 Å². The van der Waals surface area contributed by atoms with Crippen LogP contribution in [0, 0.1) is 11.6 Å². The SMILES string of the molecule is N/C(=C\C=NC[C@@H]1CCN1)c1ccc(F)cn1.O=Cc1c(-c2ccccc2)nc2ccc(F)cn12. The third-order valence-electron chi connectivity index (χ3n) is 5.41. The fraction of sp³-hybridized carbons (Fsp3) is 0.154. The number of nitrogens with zero attached hydrogens (tertiary/aromatic N) is 4. The molecule has 0 amide bonds. The molecule has 4 aromatic rings. The monoisotopic (exact) mass is 474 g/mol. The van der Waals surface area contributed by atoms with Crippen LogP contribution in [0.2, 0.25) is 0 Å². The number of carbonyl (C=O) groups excluding carboxylic acids is 1. The zero-order valence-electron chi connectivity index (χ0n) is 18.8. The molecule has 1 aromatic carbocycles. The summed E-state index contributed by atoms with van der Waals surface area (Å²) in [5.41, 5.74) is 9.13. The van der Waals surface area contributed by atoms with Gasteiger partial charge in [-0.15, -0.1) is 0 Å². The van der Waals surface area contributed by atoms with Crippen LogP contribution in [0.15, 0.2) is 78.1 Å². The Kier molecular flexibility index (Phi) is 7.69. The smallest absolute Gasteiger partial charge is 0.169 e. The maximum Gasteiger partial charge on any atom is 0.169 e. The highest BCUT2D eigenvalue weighted by Crippen LogP contribution is 2.23. The highest BCUT2D eigenvalue weighted by atomic mass is 19.1. The number of benzene rings is 1. The van der Waals surface area contributed by atoms with E-state index in [1.807, 2.05) is 30.3 Å². The van der Waals surface area contributed by atoms with Crippen LogP contribution in [0.1, 0.15) is 22.6 Å². The quantitative estimate of drug-likeness (QED) is 0.326. The summed E-state index contributed by atoms with van der Waals surface area (Å²) in [6.07, 6.45) is 7.63. The van der Waals surface area contributed by atoms with Crippen molar-refractivity contribution >= 4 is 23.8 Å². The fourth-order valence-electron chi connectivity index (χ4n) is 3.42. The van der Waals surface area contributed by atoms with Gasteiger partial charge in [0.05, 0.1) is 24.1 Å². The molecule has 0 radical (unpaired) electrons. The third kappa shape index (κ3) is 6.01. The molecule has 178 valence electrons. The maximum absolute atomic E-state index is 13.2. The second-order valence-corrected chi connectivity index (χ2v) is 7.84. The zero-order chi connectivity index (χ0) is 24.6. The number of carbonyl (C=O) groups is 1.